The van der Waals surface area contributed by atoms with Crippen LogP contribution in [0.5, 0.6) is 0 Å². The summed E-state index contributed by atoms with van der Waals surface area (Å²) in [6.45, 7) is 4.67. The van der Waals surface area contributed by atoms with Gasteiger partial charge in [0.05, 0.1) is 6.17 Å². The van der Waals surface area contributed by atoms with Crippen LogP contribution in [0, 0.1) is 0 Å². The number of rotatable bonds is 0. The van der Waals surface area contributed by atoms with Crippen molar-refractivity contribution in [3.63, 3.8) is 0 Å². The largest absolute Gasteiger partial charge is 0.290 e. The number of nitrogens with zero attached hydrogens (tertiary/aromatic N) is 2. The van der Waals surface area contributed by atoms with Crippen LogP contribution in [0.2, 0.25) is 0 Å². The summed E-state index contributed by atoms with van der Waals surface area (Å²) in [6, 6.07) is 0. The van der Waals surface area contributed by atoms with Gasteiger partial charge < -0.3 is 0 Å². The predicted molar refractivity (Wildman–Crippen MR) is 34.7 cm³/mol. The fourth-order valence-corrected chi connectivity index (χ4v) is 1.03. The monoisotopic (exact) mass is 114 g/mol. The Morgan fingerprint density at radius 1 is 1.12 bits per heavy atom. The molecule has 0 aliphatic carbocycles. The Balaban J connectivity index is 2.44. The molecule has 2 nitrogen and oxygen atoms in total. The summed E-state index contributed by atoms with van der Waals surface area (Å²) in [7, 11) is 4.32. The SMILES string of the molecule is CC1N(C)CCN1C. The molecule has 0 radical (unpaired) electrons. The van der Waals surface area contributed by atoms with Crippen molar-refractivity contribution in [1.29, 1.82) is 0 Å². The second-order valence-corrected chi connectivity index (χ2v) is 2.59. The van der Waals surface area contributed by atoms with Crippen LogP contribution in [0.3, 0.4) is 0 Å². The molecule has 0 unspecified atom stereocenters. The van der Waals surface area contributed by atoms with Crippen molar-refractivity contribution >= 4 is 0 Å². The molecule has 0 amide bonds. The number of hydrogen-bond acceptors (Lipinski definition) is 2. The summed E-state index contributed by atoms with van der Waals surface area (Å²) in [5.41, 5.74) is 0. The van der Waals surface area contributed by atoms with Crippen molar-refractivity contribution in [3.8, 4) is 0 Å². The standard InChI is InChI=1S/C6H14N2/c1-6-7(2)4-5-8(6)3/h6H,4-5H2,1-3H3. The Morgan fingerprint density at radius 2 is 1.50 bits per heavy atom. The van der Waals surface area contributed by atoms with Gasteiger partial charge in [0, 0.05) is 13.1 Å². The number of hydrogen-bond donors (Lipinski definition) is 0. The molecule has 1 aliphatic heterocycles. The molecule has 1 heterocycles. The summed E-state index contributed by atoms with van der Waals surface area (Å²) in [4.78, 5) is 4.69. The summed E-state index contributed by atoms with van der Waals surface area (Å²) in [5.74, 6) is 0. The van der Waals surface area contributed by atoms with E-state index < -0.39 is 0 Å². The molecule has 2 heteroatoms. The molecule has 0 N–H and O–H groups in total. The topological polar surface area (TPSA) is 6.48 Å². The second-order valence-electron chi connectivity index (χ2n) is 2.59. The van der Waals surface area contributed by atoms with E-state index in [0.29, 0.717) is 6.17 Å². The highest BCUT2D eigenvalue weighted by molar-refractivity contribution is 4.71. The zero-order valence-electron chi connectivity index (χ0n) is 5.89. The van der Waals surface area contributed by atoms with Crippen LogP contribution in [0.15, 0.2) is 0 Å². The molecule has 1 aliphatic rings. The van der Waals surface area contributed by atoms with Gasteiger partial charge in [-0.3, -0.25) is 9.80 Å². The molecule has 0 atom stereocenters. The molecule has 1 rings (SSSR count). The molecule has 8 heavy (non-hydrogen) atoms. The maximum Gasteiger partial charge on any atom is 0.0589 e. The second kappa shape index (κ2) is 2.03. The van der Waals surface area contributed by atoms with Crippen LogP contribution in [0.25, 0.3) is 0 Å². The van der Waals surface area contributed by atoms with E-state index in [1.54, 1.807) is 0 Å². The van der Waals surface area contributed by atoms with E-state index in [1.807, 2.05) is 0 Å². The first-order valence-corrected chi connectivity index (χ1v) is 3.12. The smallest absolute Gasteiger partial charge is 0.0589 e. The van der Waals surface area contributed by atoms with Gasteiger partial charge in [-0.25, -0.2) is 0 Å². The van der Waals surface area contributed by atoms with E-state index in [2.05, 4.69) is 30.8 Å². The van der Waals surface area contributed by atoms with Crippen LogP contribution in [0.1, 0.15) is 6.92 Å². The van der Waals surface area contributed by atoms with Crippen LogP contribution >= 0.6 is 0 Å². The Labute approximate surface area is 51.1 Å². The minimum absolute atomic E-state index is 0.648. The van der Waals surface area contributed by atoms with Crippen molar-refractivity contribution < 1.29 is 0 Å². The third kappa shape index (κ3) is 0.858. The molecule has 0 bridgehead atoms. The van der Waals surface area contributed by atoms with Crippen molar-refractivity contribution in [2.45, 2.75) is 13.1 Å². The van der Waals surface area contributed by atoms with Gasteiger partial charge in [0.2, 0.25) is 0 Å². The molecule has 0 aromatic carbocycles. The Hall–Kier alpha value is -0.0800. The highest BCUT2D eigenvalue weighted by Gasteiger charge is 2.20. The fraction of sp³-hybridized carbons (Fsp3) is 1.00. The predicted octanol–water partition coefficient (Wildman–Crippen LogP) is 0.210. The molecule has 0 spiro atoms. The highest BCUT2D eigenvalue weighted by Crippen LogP contribution is 2.06. The summed E-state index contributed by atoms with van der Waals surface area (Å²) in [6.07, 6.45) is 0.648. The highest BCUT2D eigenvalue weighted by atomic mass is 15.4. The van der Waals surface area contributed by atoms with Crippen LogP contribution < -0.4 is 0 Å². The van der Waals surface area contributed by atoms with Gasteiger partial charge in [-0.2, -0.15) is 0 Å². The van der Waals surface area contributed by atoms with Gasteiger partial charge in [0.15, 0.2) is 0 Å². The summed E-state index contributed by atoms with van der Waals surface area (Å²) in [5, 5.41) is 0. The van der Waals surface area contributed by atoms with Gasteiger partial charge >= 0.3 is 0 Å². The third-order valence-corrected chi connectivity index (χ3v) is 2.08. The molecule has 48 valence electrons. The maximum absolute atomic E-state index is 2.35. The molecule has 1 saturated heterocycles. The quantitative estimate of drug-likeness (QED) is 0.444. The molecule has 1 fully saturated rings. The van der Waals surface area contributed by atoms with E-state index in [9.17, 15) is 0 Å². The fourth-order valence-electron chi connectivity index (χ4n) is 1.03. The maximum atomic E-state index is 2.35. The summed E-state index contributed by atoms with van der Waals surface area (Å²) >= 11 is 0. The first-order valence-electron chi connectivity index (χ1n) is 3.12. The molecular weight excluding hydrogens is 100 g/mol. The first-order chi connectivity index (χ1) is 3.72. The molecule has 0 aromatic heterocycles. The van der Waals surface area contributed by atoms with E-state index in [-0.39, 0.29) is 0 Å². The van der Waals surface area contributed by atoms with Crippen LogP contribution in [-0.2, 0) is 0 Å². The van der Waals surface area contributed by atoms with E-state index in [1.165, 1.54) is 13.1 Å². The van der Waals surface area contributed by atoms with Gasteiger partial charge in [-0.1, -0.05) is 0 Å². The van der Waals surface area contributed by atoms with Crippen molar-refractivity contribution in [3.05, 3.63) is 0 Å². The van der Waals surface area contributed by atoms with Crippen molar-refractivity contribution in [2.75, 3.05) is 27.2 Å². The zero-order valence-corrected chi connectivity index (χ0v) is 5.89. The molecule has 0 saturated carbocycles. The van der Waals surface area contributed by atoms with Gasteiger partial charge in [0.25, 0.3) is 0 Å². The molecular formula is C6H14N2. The average molecular weight is 114 g/mol. The van der Waals surface area contributed by atoms with Crippen molar-refractivity contribution in [2.24, 2.45) is 0 Å². The van der Waals surface area contributed by atoms with Crippen LogP contribution in [-0.4, -0.2) is 43.2 Å². The first kappa shape index (κ1) is 6.05. The minimum atomic E-state index is 0.648. The lowest BCUT2D eigenvalue weighted by Crippen LogP contribution is -2.30. The third-order valence-electron chi connectivity index (χ3n) is 2.08. The van der Waals surface area contributed by atoms with Crippen molar-refractivity contribution in [1.82, 2.24) is 9.80 Å². The van der Waals surface area contributed by atoms with E-state index in [4.69, 9.17) is 0 Å². The Bertz CT molecular complexity index is 72.6. The van der Waals surface area contributed by atoms with E-state index >= 15 is 0 Å². The Kier molecular flexibility index (Phi) is 1.54. The minimum Gasteiger partial charge on any atom is -0.290 e. The van der Waals surface area contributed by atoms with E-state index in [0.717, 1.165) is 0 Å². The summed E-state index contributed by atoms with van der Waals surface area (Å²) < 4.78 is 0. The lowest BCUT2D eigenvalue weighted by molar-refractivity contribution is 0.208. The average Bonchev–Trinajstić information content (AvgIpc) is 1.98. The van der Waals surface area contributed by atoms with Crippen LogP contribution in [0.4, 0.5) is 0 Å². The van der Waals surface area contributed by atoms with Gasteiger partial charge in [-0.15, -0.1) is 0 Å². The Morgan fingerprint density at radius 3 is 1.62 bits per heavy atom. The normalized spacial score (nSPS) is 27.4. The number of likely N-dealkylation sites (N-methyl/N-ethyl adjacent to an activating group) is 2. The van der Waals surface area contributed by atoms with Gasteiger partial charge in [0.1, 0.15) is 0 Å². The zero-order chi connectivity index (χ0) is 6.15. The lowest BCUT2D eigenvalue weighted by atomic mass is 10.5. The lowest BCUT2D eigenvalue weighted by Gasteiger charge is -2.19. The van der Waals surface area contributed by atoms with Gasteiger partial charge in [-0.05, 0) is 21.0 Å². The molecule has 0 aromatic rings.